The number of nitrogens with zero attached hydrogens (tertiary/aromatic N) is 3. The number of carbonyl (C=O) groups excluding carboxylic acids is 1. The largest absolute Gasteiger partial charge is 0.356 e. The second-order valence-electron chi connectivity index (χ2n) is 6.43. The number of hydrogen-bond acceptors (Lipinski definition) is 6. The zero-order valence-corrected chi connectivity index (χ0v) is 15.1. The molecule has 2 aromatic rings. The van der Waals surface area contributed by atoms with Gasteiger partial charge in [-0.05, 0) is 43.4 Å². The quantitative estimate of drug-likeness (QED) is 0.707. The summed E-state index contributed by atoms with van der Waals surface area (Å²) in [6.45, 7) is 3.29. The number of rotatable bonds is 5. The summed E-state index contributed by atoms with van der Waals surface area (Å²) in [6, 6.07) is 5.68. The molecule has 0 saturated carbocycles. The Morgan fingerprint density at radius 2 is 2.08 bits per heavy atom. The van der Waals surface area contributed by atoms with Crippen molar-refractivity contribution in [2.24, 2.45) is 5.92 Å². The summed E-state index contributed by atoms with van der Waals surface area (Å²) in [6.07, 6.45) is 4.99. The standard InChI is InChI=1S/C17H23N4O3P/c1-12(22)20-14-2-3-15-16(10-14)18-11-19-17(15)21-7-4-13(5-8-21)6-9-25(23)24/h2-3,10-11,13,23-24H,4-9H2,1H3,(H,20,22). The summed E-state index contributed by atoms with van der Waals surface area (Å²) in [5.41, 5.74) is 1.54. The summed E-state index contributed by atoms with van der Waals surface area (Å²) in [5.74, 6) is 1.36. The van der Waals surface area contributed by atoms with E-state index >= 15 is 0 Å². The number of nitrogens with one attached hydrogen (secondary N) is 1. The SMILES string of the molecule is CC(=O)Nc1ccc2c(N3CCC(CCP(O)O)CC3)ncnc2c1. The van der Waals surface area contributed by atoms with Crippen molar-refractivity contribution < 1.29 is 14.6 Å². The van der Waals surface area contributed by atoms with E-state index in [1.54, 1.807) is 6.33 Å². The van der Waals surface area contributed by atoms with Gasteiger partial charge in [-0.1, -0.05) is 0 Å². The zero-order chi connectivity index (χ0) is 17.8. The molecule has 0 radical (unpaired) electrons. The van der Waals surface area contributed by atoms with Crippen LogP contribution in [0.25, 0.3) is 10.9 Å². The van der Waals surface area contributed by atoms with Crippen molar-refractivity contribution in [2.75, 3.05) is 29.5 Å². The molecule has 1 amide bonds. The Balaban J connectivity index is 1.72. The van der Waals surface area contributed by atoms with Gasteiger partial charge in [0.1, 0.15) is 12.1 Å². The van der Waals surface area contributed by atoms with Crippen molar-refractivity contribution in [1.82, 2.24) is 9.97 Å². The van der Waals surface area contributed by atoms with Crippen LogP contribution in [0.5, 0.6) is 0 Å². The molecule has 134 valence electrons. The van der Waals surface area contributed by atoms with E-state index in [0.717, 1.165) is 54.8 Å². The molecule has 1 fully saturated rings. The fourth-order valence-electron chi connectivity index (χ4n) is 3.31. The Kier molecular flexibility index (Phi) is 5.78. The lowest BCUT2D eigenvalue weighted by molar-refractivity contribution is -0.114. The average molecular weight is 362 g/mol. The highest BCUT2D eigenvalue weighted by atomic mass is 31.2. The molecule has 25 heavy (non-hydrogen) atoms. The van der Waals surface area contributed by atoms with E-state index in [2.05, 4.69) is 20.2 Å². The fraction of sp³-hybridized carbons (Fsp3) is 0.471. The molecule has 2 heterocycles. The lowest BCUT2D eigenvalue weighted by Crippen LogP contribution is -2.34. The zero-order valence-electron chi connectivity index (χ0n) is 14.2. The third-order valence-electron chi connectivity index (χ3n) is 4.59. The Morgan fingerprint density at radius 1 is 1.32 bits per heavy atom. The van der Waals surface area contributed by atoms with Gasteiger partial charge in [-0.2, -0.15) is 0 Å². The maximum atomic E-state index is 11.2. The van der Waals surface area contributed by atoms with E-state index in [1.165, 1.54) is 6.92 Å². The summed E-state index contributed by atoms with van der Waals surface area (Å²) >= 11 is 0. The van der Waals surface area contributed by atoms with E-state index in [9.17, 15) is 4.79 Å². The monoisotopic (exact) mass is 362 g/mol. The highest BCUT2D eigenvalue weighted by Crippen LogP contribution is 2.32. The summed E-state index contributed by atoms with van der Waals surface area (Å²) in [4.78, 5) is 40.4. The first-order valence-electron chi connectivity index (χ1n) is 8.45. The van der Waals surface area contributed by atoms with Crippen LogP contribution in [-0.4, -0.2) is 44.9 Å². The number of aromatic nitrogens is 2. The second kappa shape index (κ2) is 8.04. The van der Waals surface area contributed by atoms with Crippen LogP contribution >= 0.6 is 8.38 Å². The van der Waals surface area contributed by atoms with Gasteiger partial charge in [-0.25, -0.2) is 9.97 Å². The molecule has 7 nitrogen and oxygen atoms in total. The van der Waals surface area contributed by atoms with Gasteiger partial charge in [0.25, 0.3) is 0 Å². The van der Waals surface area contributed by atoms with E-state index in [0.29, 0.717) is 12.1 Å². The van der Waals surface area contributed by atoms with Crippen LogP contribution in [0.3, 0.4) is 0 Å². The average Bonchev–Trinajstić information content (AvgIpc) is 2.59. The predicted molar refractivity (Wildman–Crippen MR) is 99.6 cm³/mol. The third kappa shape index (κ3) is 4.63. The summed E-state index contributed by atoms with van der Waals surface area (Å²) in [5, 5.41) is 3.75. The molecule has 1 aromatic heterocycles. The minimum atomic E-state index is -1.78. The number of amides is 1. The molecule has 1 aliphatic heterocycles. The molecular formula is C17H23N4O3P. The molecule has 0 aliphatic carbocycles. The smallest absolute Gasteiger partial charge is 0.221 e. The highest BCUT2D eigenvalue weighted by Gasteiger charge is 2.22. The first kappa shape index (κ1) is 18.0. The number of anilines is 2. The molecule has 0 bridgehead atoms. The van der Waals surface area contributed by atoms with Crippen molar-refractivity contribution >= 4 is 36.7 Å². The van der Waals surface area contributed by atoms with Crippen molar-refractivity contribution in [3.63, 3.8) is 0 Å². The maximum absolute atomic E-state index is 11.2. The molecule has 3 N–H and O–H groups in total. The summed E-state index contributed by atoms with van der Waals surface area (Å²) < 4.78 is 0. The van der Waals surface area contributed by atoms with Gasteiger partial charge in [0, 0.05) is 37.2 Å². The van der Waals surface area contributed by atoms with Gasteiger partial charge in [-0.3, -0.25) is 4.79 Å². The number of fused-ring (bicyclic) bond motifs is 1. The van der Waals surface area contributed by atoms with Crippen LogP contribution in [0.15, 0.2) is 24.5 Å². The first-order valence-corrected chi connectivity index (χ1v) is 9.89. The Bertz CT molecular complexity index is 748. The molecule has 0 spiro atoms. The molecule has 8 heteroatoms. The lowest BCUT2D eigenvalue weighted by Gasteiger charge is -2.33. The molecule has 1 aromatic carbocycles. The van der Waals surface area contributed by atoms with Crippen LogP contribution in [0.4, 0.5) is 11.5 Å². The first-order chi connectivity index (χ1) is 12.0. The van der Waals surface area contributed by atoms with Crippen molar-refractivity contribution in [1.29, 1.82) is 0 Å². The number of carbonyl (C=O) groups is 1. The third-order valence-corrected chi connectivity index (χ3v) is 5.25. The molecule has 3 rings (SSSR count). The predicted octanol–water partition coefficient (Wildman–Crippen LogP) is 2.49. The molecule has 0 atom stereocenters. The van der Waals surface area contributed by atoms with Crippen LogP contribution in [-0.2, 0) is 4.79 Å². The Labute approximate surface area is 148 Å². The number of hydrogen-bond donors (Lipinski definition) is 3. The second-order valence-corrected chi connectivity index (χ2v) is 7.62. The number of benzene rings is 1. The Morgan fingerprint density at radius 3 is 2.76 bits per heavy atom. The van der Waals surface area contributed by atoms with E-state index in [-0.39, 0.29) is 5.91 Å². The minimum Gasteiger partial charge on any atom is -0.356 e. The number of piperidine rings is 1. The van der Waals surface area contributed by atoms with Crippen LogP contribution in [0.2, 0.25) is 0 Å². The van der Waals surface area contributed by atoms with Crippen molar-refractivity contribution in [3.8, 4) is 0 Å². The van der Waals surface area contributed by atoms with Crippen molar-refractivity contribution in [2.45, 2.75) is 26.2 Å². The van der Waals surface area contributed by atoms with Gasteiger partial charge >= 0.3 is 0 Å². The minimum absolute atomic E-state index is 0.106. The van der Waals surface area contributed by atoms with Gasteiger partial charge in [0.05, 0.1) is 5.52 Å². The maximum Gasteiger partial charge on any atom is 0.221 e. The van der Waals surface area contributed by atoms with Crippen LogP contribution in [0, 0.1) is 5.92 Å². The lowest BCUT2D eigenvalue weighted by atomic mass is 9.94. The van der Waals surface area contributed by atoms with Crippen LogP contribution < -0.4 is 10.2 Å². The van der Waals surface area contributed by atoms with Gasteiger partial charge in [0.2, 0.25) is 5.91 Å². The van der Waals surface area contributed by atoms with E-state index < -0.39 is 8.38 Å². The van der Waals surface area contributed by atoms with E-state index in [1.807, 2.05) is 18.2 Å². The fourth-order valence-corrected chi connectivity index (χ4v) is 3.90. The molecule has 1 saturated heterocycles. The van der Waals surface area contributed by atoms with Gasteiger partial charge < -0.3 is 20.0 Å². The normalized spacial score (nSPS) is 15.8. The van der Waals surface area contributed by atoms with E-state index in [4.69, 9.17) is 9.79 Å². The highest BCUT2D eigenvalue weighted by molar-refractivity contribution is 7.45. The van der Waals surface area contributed by atoms with Crippen molar-refractivity contribution in [3.05, 3.63) is 24.5 Å². The molecule has 0 unspecified atom stereocenters. The molecular weight excluding hydrogens is 339 g/mol. The molecule has 1 aliphatic rings. The topological polar surface area (TPSA) is 98.6 Å². The van der Waals surface area contributed by atoms with Crippen LogP contribution in [0.1, 0.15) is 26.2 Å². The summed E-state index contributed by atoms with van der Waals surface area (Å²) in [7, 11) is -1.78. The Hall–Kier alpha value is -1.82. The van der Waals surface area contributed by atoms with Gasteiger partial charge in [-0.15, -0.1) is 0 Å². The van der Waals surface area contributed by atoms with Gasteiger partial charge in [0.15, 0.2) is 8.38 Å².